The fourth-order valence-electron chi connectivity index (χ4n) is 3.50. The van der Waals surface area contributed by atoms with Crippen LogP contribution in [0.15, 0.2) is 65.3 Å². The molecule has 0 aliphatic rings. The van der Waals surface area contributed by atoms with E-state index >= 15 is 0 Å². The Morgan fingerprint density at radius 3 is 2.61 bits per heavy atom. The fraction of sp³-hybridized carbons (Fsp3) is 0.174. The Morgan fingerprint density at radius 1 is 1.13 bits per heavy atom. The van der Waals surface area contributed by atoms with Gasteiger partial charge in [-0.25, -0.2) is 0 Å². The molecule has 1 atom stereocenters. The highest BCUT2D eigenvalue weighted by atomic mass is 16.5. The van der Waals surface area contributed by atoms with Crippen molar-refractivity contribution in [1.29, 1.82) is 0 Å². The first-order valence-corrected chi connectivity index (χ1v) is 9.77. The first kappa shape index (κ1) is 20.2. The van der Waals surface area contributed by atoms with Crippen molar-refractivity contribution in [1.82, 2.24) is 15.5 Å². The summed E-state index contributed by atoms with van der Waals surface area (Å²) in [5.41, 5.74) is 3.01. The summed E-state index contributed by atoms with van der Waals surface area (Å²) in [5, 5.41) is 9.89. The van der Waals surface area contributed by atoms with E-state index in [1.165, 1.54) is 6.07 Å². The monoisotopic (exact) mass is 418 g/mol. The molecule has 3 N–H and O–H groups in total. The Hall–Kier alpha value is -4.07. The number of fused-ring (bicyclic) bond motifs is 1. The Kier molecular flexibility index (Phi) is 5.70. The Labute approximate surface area is 178 Å². The van der Waals surface area contributed by atoms with Crippen LogP contribution in [-0.2, 0) is 9.59 Å². The number of aromatic nitrogens is 2. The van der Waals surface area contributed by atoms with Crippen molar-refractivity contribution in [3.63, 3.8) is 0 Å². The number of anilines is 1. The molecule has 0 aliphatic heterocycles. The number of para-hydroxylation sites is 1. The van der Waals surface area contributed by atoms with Crippen molar-refractivity contribution in [2.45, 2.75) is 12.8 Å². The second kappa shape index (κ2) is 8.74. The lowest BCUT2D eigenvalue weighted by Crippen LogP contribution is -2.37. The van der Waals surface area contributed by atoms with Crippen molar-refractivity contribution >= 4 is 28.5 Å². The van der Waals surface area contributed by atoms with E-state index in [4.69, 9.17) is 9.26 Å². The number of aromatic amines is 1. The quantitative estimate of drug-likeness (QED) is 0.416. The van der Waals surface area contributed by atoms with Gasteiger partial charge in [-0.15, -0.1) is 0 Å². The zero-order valence-corrected chi connectivity index (χ0v) is 17.1. The number of ether oxygens (including phenoxy) is 1. The number of amides is 2. The molecule has 1 unspecified atom stereocenters. The van der Waals surface area contributed by atoms with Crippen LogP contribution in [0, 0.1) is 6.92 Å². The minimum Gasteiger partial charge on any atom is -0.497 e. The van der Waals surface area contributed by atoms with Crippen LogP contribution in [0.4, 0.5) is 5.82 Å². The SMILES string of the molecule is COc1ccc(C(CNC(=O)C(=O)Nc2cc(C)on2)c2c[nH]c3ccccc23)cc1. The zero-order chi connectivity index (χ0) is 21.8. The van der Waals surface area contributed by atoms with Crippen LogP contribution in [0.5, 0.6) is 5.75 Å². The van der Waals surface area contributed by atoms with E-state index in [1.807, 2.05) is 54.7 Å². The van der Waals surface area contributed by atoms with Crippen molar-refractivity contribution in [2.24, 2.45) is 0 Å². The first-order chi connectivity index (χ1) is 15.0. The third-order valence-corrected chi connectivity index (χ3v) is 5.06. The highest BCUT2D eigenvalue weighted by Gasteiger charge is 2.22. The average Bonchev–Trinajstić information content (AvgIpc) is 3.40. The molecule has 0 radical (unpaired) electrons. The zero-order valence-electron chi connectivity index (χ0n) is 17.1. The number of carbonyl (C=O) groups excluding carboxylic acids is 2. The topological polar surface area (TPSA) is 109 Å². The van der Waals surface area contributed by atoms with E-state index in [0.29, 0.717) is 5.76 Å². The highest BCUT2D eigenvalue weighted by Crippen LogP contribution is 2.31. The molecule has 0 bridgehead atoms. The van der Waals surface area contributed by atoms with Crippen LogP contribution >= 0.6 is 0 Å². The van der Waals surface area contributed by atoms with Gasteiger partial charge in [-0.1, -0.05) is 35.5 Å². The van der Waals surface area contributed by atoms with Crippen LogP contribution in [0.2, 0.25) is 0 Å². The Bertz CT molecular complexity index is 1210. The number of nitrogens with zero attached hydrogens (tertiary/aromatic N) is 1. The van der Waals surface area contributed by atoms with Gasteiger partial charge < -0.3 is 19.6 Å². The van der Waals surface area contributed by atoms with Crippen LogP contribution in [0.3, 0.4) is 0 Å². The molecule has 31 heavy (non-hydrogen) atoms. The van der Waals surface area contributed by atoms with Gasteiger partial charge >= 0.3 is 11.8 Å². The van der Waals surface area contributed by atoms with E-state index in [-0.39, 0.29) is 18.3 Å². The maximum Gasteiger partial charge on any atom is 0.314 e. The van der Waals surface area contributed by atoms with Crippen LogP contribution in [0.25, 0.3) is 10.9 Å². The largest absolute Gasteiger partial charge is 0.497 e. The minimum absolute atomic E-state index is 0.173. The number of hydrogen-bond acceptors (Lipinski definition) is 5. The van der Waals surface area contributed by atoms with Gasteiger partial charge in [-0.2, -0.15) is 0 Å². The van der Waals surface area contributed by atoms with Gasteiger partial charge in [0, 0.05) is 35.6 Å². The van der Waals surface area contributed by atoms with E-state index in [1.54, 1.807) is 14.0 Å². The molecule has 2 amide bonds. The number of benzene rings is 2. The number of H-pyrrole nitrogens is 1. The van der Waals surface area contributed by atoms with Gasteiger partial charge in [-0.05, 0) is 36.2 Å². The predicted molar refractivity (Wildman–Crippen MR) is 116 cm³/mol. The molecule has 8 nitrogen and oxygen atoms in total. The maximum absolute atomic E-state index is 12.4. The highest BCUT2D eigenvalue weighted by molar-refractivity contribution is 6.39. The smallest absolute Gasteiger partial charge is 0.314 e. The third kappa shape index (κ3) is 4.42. The van der Waals surface area contributed by atoms with Crippen molar-refractivity contribution in [3.05, 3.63) is 77.7 Å². The maximum atomic E-state index is 12.4. The summed E-state index contributed by atoms with van der Waals surface area (Å²) in [6.45, 7) is 1.93. The van der Waals surface area contributed by atoms with Crippen LogP contribution < -0.4 is 15.4 Å². The van der Waals surface area contributed by atoms with E-state index in [2.05, 4.69) is 20.8 Å². The number of rotatable bonds is 6. The van der Waals surface area contributed by atoms with Gasteiger partial charge in [0.15, 0.2) is 5.82 Å². The summed E-state index contributed by atoms with van der Waals surface area (Å²) < 4.78 is 10.2. The van der Waals surface area contributed by atoms with Gasteiger partial charge in [0.25, 0.3) is 0 Å². The van der Waals surface area contributed by atoms with Gasteiger partial charge in [0.2, 0.25) is 0 Å². The summed E-state index contributed by atoms with van der Waals surface area (Å²) >= 11 is 0. The Morgan fingerprint density at radius 2 is 1.90 bits per heavy atom. The lowest BCUT2D eigenvalue weighted by Gasteiger charge is -2.18. The molecule has 0 fully saturated rings. The average molecular weight is 418 g/mol. The summed E-state index contributed by atoms with van der Waals surface area (Å²) in [6.07, 6.45) is 1.93. The van der Waals surface area contributed by atoms with Gasteiger partial charge in [0.1, 0.15) is 11.5 Å². The predicted octanol–water partition coefficient (Wildman–Crippen LogP) is 3.36. The summed E-state index contributed by atoms with van der Waals surface area (Å²) in [5.74, 6) is -0.254. The summed E-state index contributed by atoms with van der Waals surface area (Å²) in [4.78, 5) is 27.9. The van der Waals surface area contributed by atoms with E-state index in [0.717, 1.165) is 27.8 Å². The van der Waals surface area contributed by atoms with Crippen LogP contribution in [-0.4, -0.2) is 35.6 Å². The lowest BCUT2D eigenvalue weighted by atomic mass is 9.90. The molecular formula is C23H22N4O4. The second-order valence-corrected chi connectivity index (χ2v) is 7.10. The lowest BCUT2D eigenvalue weighted by molar-refractivity contribution is -0.136. The number of methoxy groups -OCH3 is 1. The molecule has 2 heterocycles. The van der Waals surface area contributed by atoms with Gasteiger partial charge in [-0.3, -0.25) is 14.9 Å². The molecule has 2 aromatic heterocycles. The molecule has 4 rings (SSSR count). The summed E-state index contributed by atoms with van der Waals surface area (Å²) in [7, 11) is 1.61. The number of aryl methyl sites for hydroxylation is 1. The minimum atomic E-state index is -0.805. The number of carbonyl (C=O) groups is 2. The molecule has 2 aromatic carbocycles. The van der Waals surface area contributed by atoms with Gasteiger partial charge in [0.05, 0.1) is 7.11 Å². The molecule has 0 saturated carbocycles. The molecule has 4 aromatic rings. The molecule has 8 heteroatoms. The van der Waals surface area contributed by atoms with E-state index < -0.39 is 11.8 Å². The first-order valence-electron chi connectivity index (χ1n) is 9.77. The van der Waals surface area contributed by atoms with Crippen LogP contribution in [0.1, 0.15) is 22.8 Å². The standard InChI is InChI=1S/C23H22N4O4/c1-14-11-21(27-31-14)26-23(29)22(28)25-12-18(15-7-9-16(30-2)10-8-15)19-13-24-20-6-4-3-5-17(19)20/h3-11,13,18,24H,12H2,1-2H3,(H,25,28)(H,26,27,29). The number of nitrogens with one attached hydrogen (secondary N) is 3. The summed E-state index contributed by atoms with van der Waals surface area (Å²) in [6, 6.07) is 17.1. The second-order valence-electron chi connectivity index (χ2n) is 7.10. The van der Waals surface area contributed by atoms with Crippen molar-refractivity contribution in [3.8, 4) is 5.75 Å². The Balaban J connectivity index is 1.55. The van der Waals surface area contributed by atoms with Crippen molar-refractivity contribution < 1.29 is 18.8 Å². The third-order valence-electron chi connectivity index (χ3n) is 5.06. The molecule has 0 spiro atoms. The number of hydrogen-bond donors (Lipinski definition) is 3. The van der Waals surface area contributed by atoms with Crippen molar-refractivity contribution in [2.75, 3.05) is 19.0 Å². The molecule has 158 valence electrons. The fourth-order valence-corrected chi connectivity index (χ4v) is 3.50. The van der Waals surface area contributed by atoms with E-state index in [9.17, 15) is 9.59 Å². The normalized spacial score (nSPS) is 11.8. The molecule has 0 saturated heterocycles. The molecule has 0 aliphatic carbocycles. The molecular weight excluding hydrogens is 396 g/mol.